The average Bonchev–Trinajstić information content (AvgIpc) is 2.33. The molecule has 0 aliphatic rings. The van der Waals surface area contributed by atoms with Gasteiger partial charge in [-0.2, -0.15) is 0 Å². The van der Waals surface area contributed by atoms with Crippen molar-refractivity contribution in [1.29, 1.82) is 0 Å². The van der Waals surface area contributed by atoms with Crippen LogP contribution in [0.5, 0.6) is 0 Å². The molecular weight excluding hydrogens is 413 g/mol. The van der Waals surface area contributed by atoms with Gasteiger partial charge in [0.15, 0.2) is 16.6 Å². The Kier molecular flexibility index (Phi) is 8.56. The van der Waals surface area contributed by atoms with Crippen LogP contribution in [0.3, 0.4) is 0 Å². The Hall–Kier alpha value is 0.214. The van der Waals surface area contributed by atoms with Crippen molar-refractivity contribution in [2.24, 2.45) is 0 Å². The highest BCUT2D eigenvalue weighted by Crippen LogP contribution is 2.44. The maximum absolute atomic E-state index is 10.7. The molecule has 1 aromatic rings. The first kappa shape index (κ1) is 25.2. The van der Waals surface area contributed by atoms with Crippen LogP contribution >= 0.6 is 34.8 Å². The molecule has 146 valence electrons. The van der Waals surface area contributed by atoms with Crippen LogP contribution in [0.15, 0.2) is 10.9 Å². The lowest BCUT2D eigenvalue weighted by Crippen LogP contribution is -2.53. The molecule has 0 amide bonds. The predicted octanol–water partition coefficient (Wildman–Crippen LogP) is 7.35. The summed E-state index contributed by atoms with van der Waals surface area (Å²) in [5.74, 6) is 0. The van der Waals surface area contributed by atoms with E-state index >= 15 is 0 Å². The molecule has 0 bridgehead atoms. The smallest absolute Gasteiger partial charge is 0.267 e. The molecule has 0 saturated heterocycles. The summed E-state index contributed by atoms with van der Waals surface area (Å²) < 4.78 is 6.63. The van der Waals surface area contributed by atoms with Crippen LogP contribution in [-0.2, 0) is 4.12 Å². The van der Waals surface area contributed by atoms with Crippen molar-refractivity contribution in [2.75, 3.05) is 0 Å². The SMILES string of the molecule is CC(C)(C)[Si](C)(C)O[Si](C)(C)C(C)(C)C.O=c1[nH]c(Cl)c(Cl)cc1Cl. The predicted molar refractivity (Wildman–Crippen MR) is 118 cm³/mol. The highest BCUT2D eigenvalue weighted by Gasteiger charge is 2.46. The minimum absolute atomic E-state index is 0.0365. The summed E-state index contributed by atoms with van der Waals surface area (Å²) in [6, 6.07) is 1.30. The lowest BCUT2D eigenvalue weighted by Gasteiger charge is -2.47. The summed E-state index contributed by atoms with van der Waals surface area (Å²) in [5.41, 5.74) is -0.434. The molecule has 1 N–H and O–H groups in total. The fourth-order valence-electron chi connectivity index (χ4n) is 1.40. The number of H-pyrrole nitrogens is 1. The first-order valence-electron chi connectivity index (χ1n) is 8.26. The number of aromatic nitrogens is 1. The van der Waals surface area contributed by atoms with Gasteiger partial charge in [-0.15, -0.1) is 0 Å². The van der Waals surface area contributed by atoms with E-state index in [2.05, 4.69) is 72.7 Å². The zero-order valence-corrected chi connectivity index (χ0v) is 21.3. The second-order valence-electron chi connectivity index (χ2n) is 9.23. The highest BCUT2D eigenvalue weighted by atomic mass is 35.5. The van der Waals surface area contributed by atoms with Crippen LogP contribution in [0.25, 0.3) is 0 Å². The Morgan fingerprint density at radius 2 is 1.20 bits per heavy atom. The van der Waals surface area contributed by atoms with E-state index in [9.17, 15) is 4.79 Å². The monoisotopic (exact) mass is 443 g/mol. The van der Waals surface area contributed by atoms with Gasteiger partial charge in [0, 0.05) is 0 Å². The van der Waals surface area contributed by atoms with E-state index in [-0.39, 0.29) is 15.2 Å². The van der Waals surface area contributed by atoms with E-state index in [0.29, 0.717) is 10.1 Å². The van der Waals surface area contributed by atoms with Gasteiger partial charge in [-0.1, -0.05) is 76.3 Å². The molecule has 1 aromatic heterocycles. The first-order valence-corrected chi connectivity index (χ1v) is 15.2. The lowest BCUT2D eigenvalue weighted by atomic mass is 10.2. The number of rotatable bonds is 2. The maximum atomic E-state index is 10.7. The molecule has 1 rings (SSSR count). The molecule has 1 heterocycles. The van der Waals surface area contributed by atoms with E-state index in [1.807, 2.05) is 0 Å². The van der Waals surface area contributed by atoms with Crippen LogP contribution < -0.4 is 5.56 Å². The molecule has 0 fully saturated rings. The van der Waals surface area contributed by atoms with Gasteiger partial charge < -0.3 is 9.10 Å². The average molecular weight is 445 g/mol. The van der Waals surface area contributed by atoms with Crippen LogP contribution in [0.1, 0.15) is 41.5 Å². The zero-order valence-electron chi connectivity index (χ0n) is 17.0. The van der Waals surface area contributed by atoms with Crippen molar-refractivity contribution >= 4 is 51.4 Å². The lowest BCUT2D eigenvalue weighted by molar-refractivity contribution is 0.449. The van der Waals surface area contributed by atoms with E-state index < -0.39 is 22.2 Å². The molecule has 0 unspecified atom stereocenters. The van der Waals surface area contributed by atoms with Gasteiger partial charge in [-0.05, 0) is 42.3 Å². The Morgan fingerprint density at radius 3 is 1.48 bits per heavy atom. The topological polar surface area (TPSA) is 42.1 Å². The van der Waals surface area contributed by atoms with E-state index in [4.69, 9.17) is 38.9 Å². The van der Waals surface area contributed by atoms with E-state index in [1.165, 1.54) is 6.07 Å². The molecule has 0 aliphatic heterocycles. The van der Waals surface area contributed by atoms with Crippen LogP contribution in [0, 0.1) is 0 Å². The summed E-state index contributed by atoms with van der Waals surface area (Å²) in [7, 11) is -3.18. The third-order valence-electron chi connectivity index (χ3n) is 5.03. The normalized spacial score (nSPS) is 13.3. The van der Waals surface area contributed by atoms with Crippen molar-refractivity contribution in [3.05, 3.63) is 31.6 Å². The van der Waals surface area contributed by atoms with Gasteiger partial charge in [0.05, 0.1) is 5.02 Å². The van der Waals surface area contributed by atoms with Crippen molar-refractivity contribution in [3.63, 3.8) is 0 Å². The van der Waals surface area contributed by atoms with Crippen molar-refractivity contribution < 1.29 is 4.12 Å². The van der Waals surface area contributed by atoms with Crippen LogP contribution in [0.2, 0.25) is 51.5 Å². The molecular formula is C17H32Cl3NO2Si2. The van der Waals surface area contributed by atoms with E-state index in [1.54, 1.807) is 0 Å². The van der Waals surface area contributed by atoms with Gasteiger partial charge in [-0.25, -0.2) is 0 Å². The molecule has 0 aliphatic carbocycles. The molecule has 0 atom stereocenters. The fraction of sp³-hybridized carbons (Fsp3) is 0.706. The molecule has 0 saturated carbocycles. The van der Waals surface area contributed by atoms with Gasteiger partial charge >= 0.3 is 0 Å². The number of nitrogens with one attached hydrogen (secondary N) is 1. The van der Waals surface area contributed by atoms with Gasteiger partial charge in [0.25, 0.3) is 5.56 Å². The molecule has 25 heavy (non-hydrogen) atoms. The number of aromatic amines is 1. The number of hydrogen-bond acceptors (Lipinski definition) is 2. The second-order valence-corrected chi connectivity index (χ2v) is 20.3. The molecule has 8 heteroatoms. The Labute approximate surface area is 169 Å². The van der Waals surface area contributed by atoms with Crippen molar-refractivity contribution in [2.45, 2.75) is 77.8 Å². The number of pyridine rings is 1. The van der Waals surface area contributed by atoms with Gasteiger partial charge in [-0.3, -0.25) is 4.79 Å². The van der Waals surface area contributed by atoms with Gasteiger partial charge in [0.2, 0.25) is 0 Å². The summed E-state index contributed by atoms with van der Waals surface area (Å²) >= 11 is 16.3. The molecule has 3 nitrogen and oxygen atoms in total. The third-order valence-corrected chi connectivity index (χ3v) is 17.3. The number of hydrogen-bond donors (Lipinski definition) is 1. The highest BCUT2D eigenvalue weighted by molar-refractivity contribution is 6.87. The third kappa shape index (κ3) is 7.39. The van der Waals surface area contributed by atoms with Crippen molar-refractivity contribution in [3.8, 4) is 0 Å². The summed E-state index contributed by atoms with van der Waals surface area (Å²) in [5, 5.41) is 1.03. The Morgan fingerprint density at radius 1 is 0.840 bits per heavy atom. The molecule has 0 radical (unpaired) electrons. The largest absolute Gasteiger partial charge is 0.455 e. The van der Waals surface area contributed by atoms with Crippen LogP contribution in [0.4, 0.5) is 0 Å². The minimum atomic E-state index is -1.59. The summed E-state index contributed by atoms with van der Waals surface area (Å²) in [4.78, 5) is 12.9. The molecule has 0 aromatic carbocycles. The summed E-state index contributed by atoms with van der Waals surface area (Å²) in [6.07, 6.45) is 0. The van der Waals surface area contributed by atoms with E-state index in [0.717, 1.165) is 0 Å². The Bertz CT molecular complexity index is 621. The quantitative estimate of drug-likeness (QED) is 0.382. The zero-order chi connectivity index (χ0) is 20.4. The number of halogens is 3. The second kappa shape index (κ2) is 8.49. The van der Waals surface area contributed by atoms with Gasteiger partial charge in [0.1, 0.15) is 10.2 Å². The first-order chi connectivity index (χ1) is 10.8. The Balaban J connectivity index is 0.000000496. The maximum Gasteiger partial charge on any atom is 0.267 e. The standard InChI is InChI=1S/C12H30OSi2.C5H2Cl3NO/c1-11(2,3)14(7,8)13-15(9,10)12(4,5)6;6-2-1-3(7)5(10)9-4(2)8/h1-10H3;1H,(H,9,10). The van der Waals surface area contributed by atoms with Crippen molar-refractivity contribution in [1.82, 2.24) is 4.98 Å². The van der Waals surface area contributed by atoms with Crippen LogP contribution in [-0.4, -0.2) is 21.6 Å². The summed E-state index contributed by atoms with van der Waals surface area (Å²) in [6.45, 7) is 23.3. The molecule has 0 spiro atoms. The fourth-order valence-corrected chi connectivity index (χ4v) is 9.46. The minimum Gasteiger partial charge on any atom is -0.455 e.